The Kier molecular flexibility index (Phi) is 6.49. The van der Waals surface area contributed by atoms with E-state index in [-0.39, 0.29) is 42.6 Å². The number of rotatable bonds is 3. The van der Waals surface area contributed by atoms with Crippen molar-refractivity contribution >= 4 is 41.5 Å². The van der Waals surface area contributed by atoms with Gasteiger partial charge in [0.25, 0.3) is 0 Å². The minimum absolute atomic E-state index is 0. The topological polar surface area (TPSA) is 61.4 Å². The third kappa shape index (κ3) is 4.02. The first-order chi connectivity index (χ1) is 11.1. The Morgan fingerprint density at radius 3 is 2.83 bits per heavy atom. The number of benzene rings is 1. The van der Waals surface area contributed by atoms with Gasteiger partial charge < -0.3 is 15.5 Å². The van der Waals surface area contributed by atoms with Crippen molar-refractivity contribution in [3.05, 3.63) is 29.3 Å². The van der Waals surface area contributed by atoms with E-state index in [1.54, 1.807) is 11.0 Å². The molecule has 0 bridgehead atoms. The monoisotopic (exact) mass is 371 g/mol. The van der Waals surface area contributed by atoms with Crippen LogP contribution in [0.5, 0.6) is 0 Å². The van der Waals surface area contributed by atoms with Gasteiger partial charge in [-0.2, -0.15) is 0 Å². The number of para-hydroxylation sites is 1. The molecule has 0 aromatic heterocycles. The molecule has 7 heteroatoms. The first kappa shape index (κ1) is 19.0. The van der Waals surface area contributed by atoms with E-state index in [9.17, 15) is 9.59 Å². The Hall–Kier alpha value is -1.30. The number of anilines is 1. The van der Waals surface area contributed by atoms with Crippen molar-refractivity contribution < 1.29 is 9.59 Å². The highest BCUT2D eigenvalue weighted by Gasteiger charge is 2.37. The van der Waals surface area contributed by atoms with E-state index in [4.69, 9.17) is 11.6 Å². The number of carbonyl (C=O) groups excluding carboxylic acids is 2. The molecule has 2 N–H and O–H groups in total. The minimum atomic E-state index is -0.312. The molecule has 0 radical (unpaired) electrons. The second kappa shape index (κ2) is 8.19. The SMILES string of the molecule is CC1CCNCC1NC(=O)C1CC(=O)N(c2ccccc2Cl)C1.Cl. The molecule has 3 unspecified atom stereocenters. The van der Waals surface area contributed by atoms with Crippen molar-refractivity contribution in [2.75, 3.05) is 24.5 Å². The van der Waals surface area contributed by atoms with E-state index in [0.717, 1.165) is 19.5 Å². The van der Waals surface area contributed by atoms with Crippen molar-refractivity contribution in [2.45, 2.75) is 25.8 Å². The highest BCUT2D eigenvalue weighted by Crippen LogP contribution is 2.31. The maximum absolute atomic E-state index is 12.5. The van der Waals surface area contributed by atoms with Crippen LogP contribution in [0.15, 0.2) is 24.3 Å². The van der Waals surface area contributed by atoms with Crippen LogP contribution in [0, 0.1) is 11.8 Å². The zero-order valence-corrected chi connectivity index (χ0v) is 15.2. The van der Waals surface area contributed by atoms with E-state index in [2.05, 4.69) is 17.6 Å². The van der Waals surface area contributed by atoms with Gasteiger partial charge in [-0.25, -0.2) is 0 Å². The fourth-order valence-electron chi connectivity index (χ4n) is 3.27. The van der Waals surface area contributed by atoms with Gasteiger partial charge in [-0.3, -0.25) is 9.59 Å². The van der Waals surface area contributed by atoms with Crippen LogP contribution >= 0.6 is 24.0 Å². The van der Waals surface area contributed by atoms with Gasteiger partial charge in [0, 0.05) is 25.6 Å². The van der Waals surface area contributed by atoms with Crippen LogP contribution < -0.4 is 15.5 Å². The third-order valence-electron chi connectivity index (χ3n) is 4.79. The van der Waals surface area contributed by atoms with Crippen LogP contribution in [0.2, 0.25) is 5.02 Å². The van der Waals surface area contributed by atoms with Crippen LogP contribution in [-0.4, -0.2) is 37.5 Å². The van der Waals surface area contributed by atoms with E-state index in [0.29, 0.717) is 23.2 Å². The average Bonchev–Trinajstić information content (AvgIpc) is 2.92. The van der Waals surface area contributed by atoms with E-state index in [1.807, 2.05) is 18.2 Å². The smallest absolute Gasteiger partial charge is 0.227 e. The van der Waals surface area contributed by atoms with Gasteiger partial charge in [-0.15, -0.1) is 12.4 Å². The quantitative estimate of drug-likeness (QED) is 0.856. The molecule has 0 saturated carbocycles. The summed E-state index contributed by atoms with van der Waals surface area (Å²) in [5, 5.41) is 6.94. The summed E-state index contributed by atoms with van der Waals surface area (Å²) in [6.45, 7) is 4.34. The molecule has 3 rings (SSSR count). The normalized spacial score (nSPS) is 26.8. The van der Waals surface area contributed by atoms with Crippen molar-refractivity contribution in [3.63, 3.8) is 0 Å². The Labute approximate surface area is 153 Å². The lowest BCUT2D eigenvalue weighted by atomic mass is 9.94. The number of hydrogen-bond donors (Lipinski definition) is 2. The van der Waals surface area contributed by atoms with Gasteiger partial charge in [0.1, 0.15) is 0 Å². The van der Waals surface area contributed by atoms with Gasteiger partial charge in [0.05, 0.1) is 16.6 Å². The molecule has 2 saturated heterocycles. The molecular formula is C17H23Cl2N3O2. The maximum Gasteiger partial charge on any atom is 0.227 e. The minimum Gasteiger partial charge on any atom is -0.352 e. The Balaban J connectivity index is 0.00000208. The molecule has 0 aliphatic carbocycles. The summed E-state index contributed by atoms with van der Waals surface area (Å²) in [5.41, 5.74) is 0.683. The standard InChI is InChI=1S/C17H22ClN3O2.ClH/c1-11-6-7-19-9-14(11)20-17(23)12-8-16(22)21(10-12)15-5-3-2-4-13(15)18;/h2-5,11-12,14,19H,6-10H2,1H3,(H,20,23);1H. The third-order valence-corrected chi connectivity index (χ3v) is 5.11. The summed E-state index contributed by atoms with van der Waals surface area (Å²) in [6, 6.07) is 7.38. The van der Waals surface area contributed by atoms with Crippen LogP contribution in [0.25, 0.3) is 0 Å². The summed E-state index contributed by atoms with van der Waals surface area (Å²) in [7, 11) is 0. The van der Waals surface area contributed by atoms with Gasteiger partial charge in [-0.1, -0.05) is 30.7 Å². The van der Waals surface area contributed by atoms with Crippen molar-refractivity contribution in [2.24, 2.45) is 11.8 Å². The molecular weight excluding hydrogens is 349 g/mol. The lowest BCUT2D eigenvalue weighted by molar-refractivity contribution is -0.127. The molecule has 2 aliphatic rings. The van der Waals surface area contributed by atoms with Gasteiger partial charge in [-0.05, 0) is 31.0 Å². The van der Waals surface area contributed by atoms with Crippen LogP contribution in [0.1, 0.15) is 19.8 Å². The zero-order valence-electron chi connectivity index (χ0n) is 13.6. The highest BCUT2D eigenvalue weighted by atomic mass is 35.5. The number of hydrogen-bond acceptors (Lipinski definition) is 3. The Bertz CT molecular complexity index is 611. The van der Waals surface area contributed by atoms with Gasteiger partial charge >= 0.3 is 0 Å². The molecule has 2 fully saturated rings. The molecule has 2 amide bonds. The number of piperidine rings is 1. The average molecular weight is 372 g/mol. The molecule has 3 atom stereocenters. The molecule has 5 nitrogen and oxygen atoms in total. The molecule has 0 spiro atoms. The fraction of sp³-hybridized carbons (Fsp3) is 0.529. The van der Waals surface area contributed by atoms with Gasteiger partial charge in [0.2, 0.25) is 11.8 Å². The lowest BCUT2D eigenvalue weighted by Crippen LogP contribution is -2.51. The molecule has 2 heterocycles. The second-order valence-electron chi connectivity index (χ2n) is 6.44. The molecule has 1 aromatic carbocycles. The van der Waals surface area contributed by atoms with Crippen molar-refractivity contribution in [1.29, 1.82) is 0 Å². The fourth-order valence-corrected chi connectivity index (χ4v) is 3.51. The number of carbonyl (C=O) groups is 2. The molecule has 2 aliphatic heterocycles. The molecule has 132 valence electrons. The predicted octanol–water partition coefficient (Wildman–Crippen LogP) is 2.23. The summed E-state index contributed by atoms with van der Waals surface area (Å²) in [5.74, 6) is 0.0615. The number of nitrogens with zero attached hydrogens (tertiary/aromatic N) is 1. The highest BCUT2D eigenvalue weighted by molar-refractivity contribution is 6.33. The van der Waals surface area contributed by atoms with Crippen molar-refractivity contribution in [1.82, 2.24) is 10.6 Å². The van der Waals surface area contributed by atoms with Crippen LogP contribution in [-0.2, 0) is 9.59 Å². The largest absolute Gasteiger partial charge is 0.352 e. The zero-order chi connectivity index (χ0) is 16.4. The maximum atomic E-state index is 12.5. The van der Waals surface area contributed by atoms with E-state index in [1.165, 1.54) is 0 Å². The number of halogens is 2. The summed E-state index contributed by atoms with van der Waals surface area (Å²) in [4.78, 5) is 26.4. The van der Waals surface area contributed by atoms with E-state index < -0.39 is 0 Å². The second-order valence-corrected chi connectivity index (χ2v) is 6.85. The van der Waals surface area contributed by atoms with Crippen LogP contribution in [0.3, 0.4) is 0 Å². The first-order valence-corrected chi connectivity index (χ1v) is 8.50. The van der Waals surface area contributed by atoms with Crippen molar-refractivity contribution in [3.8, 4) is 0 Å². The molecule has 1 aromatic rings. The van der Waals surface area contributed by atoms with Crippen LogP contribution in [0.4, 0.5) is 5.69 Å². The number of nitrogens with one attached hydrogen (secondary N) is 2. The lowest BCUT2D eigenvalue weighted by Gasteiger charge is -2.31. The number of amides is 2. The summed E-state index contributed by atoms with van der Waals surface area (Å²) >= 11 is 6.17. The molecule has 24 heavy (non-hydrogen) atoms. The first-order valence-electron chi connectivity index (χ1n) is 8.12. The van der Waals surface area contributed by atoms with E-state index >= 15 is 0 Å². The Morgan fingerprint density at radius 1 is 1.38 bits per heavy atom. The van der Waals surface area contributed by atoms with Gasteiger partial charge in [0.15, 0.2) is 0 Å². The summed E-state index contributed by atoms with van der Waals surface area (Å²) in [6.07, 6.45) is 1.30. The Morgan fingerprint density at radius 2 is 2.12 bits per heavy atom. The predicted molar refractivity (Wildman–Crippen MR) is 97.7 cm³/mol. The summed E-state index contributed by atoms with van der Waals surface area (Å²) < 4.78 is 0.